The molecular weight excluding hydrogens is 190 g/mol. The van der Waals surface area contributed by atoms with Crippen LogP contribution in [0.3, 0.4) is 0 Å². The van der Waals surface area contributed by atoms with Crippen LogP contribution in [0.5, 0.6) is 0 Å². The fourth-order valence-corrected chi connectivity index (χ4v) is 1.37. The predicted octanol–water partition coefficient (Wildman–Crippen LogP) is 2.46. The molecule has 0 aromatic heterocycles. The molecule has 1 aliphatic heterocycles. The lowest BCUT2D eigenvalue weighted by atomic mass is 10.3. The molecule has 4 heteroatoms. The standard InChI is InChI=1S/C11H17N3O/c1-5-7-12-10-9(6-2)13-11(15)14(10)8(3)4/h5-8H,1-4H3,(H,13,15)/b7-5-,9-6+,12-10+. The third-order valence-electron chi connectivity index (χ3n) is 2.03. The second-order valence-corrected chi connectivity index (χ2v) is 3.48. The maximum absolute atomic E-state index is 9.66. The predicted molar refractivity (Wildman–Crippen MR) is 63.0 cm³/mol. The summed E-state index contributed by atoms with van der Waals surface area (Å²) in [6.45, 7) is 7.74. The number of hydrogen-bond acceptors (Lipinski definition) is 2. The van der Waals surface area contributed by atoms with E-state index in [9.17, 15) is 5.11 Å². The number of allylic oxidation sites excluding steroid dienone is 2. The lowest BCUT2D eigenvalue weighted by Gasteiger charge is -2.21. The minimum absolute atomic E-state index is 0.0151. The minimum Gasteiger partial charge on any atom is -0.480 e. The third kappa shape index (κ3) is 2.26. The zero-order valence-electron chi connectivity index (χ0n) is 9.60. The van der Waals surface area contributed by atoms with Gasteiger partial charge in [-0.3, -0.25) is 4.90 Å². The first kappa shape index (κ1) is 11.5. The lowest BCUT2D eigenvalue weighted by molar-refractivity contribution is 0.396. The molecule has 4 nitrogen and oxygen atoms in total. The highest BCUT2D eigenvalue weighted by atomic mass is 16.3. The molecule has 0 aromatic rings. The normalized spacial score (nSPS) is 22.5. The molecule has 1 rings (SSSR count). The molecule has 0 aliphatic carbocycles. The van der Waals surface area contributed by atoms with Gasteiger partial charge in [-0.15, -0.1) is 0 Å². The number of aliphatic hydroxyl groups is 1. The van der Waals surface area contributed by atoms with E-state index in [1.807, 2.05) is 39.8 Å². The van der Waals surface area contributed by atoms with E-state index in [0.29, 0.717) is 11.5 Å². The summed E-state index contributed by atoms with van der Waals surface area (Å²) in [7, 11) is 0. The number of amidine groups is 2. The second kappa shape index (κ2) is 4.77. The monoisotopic (exact) mass is 207 g/mol. The summed E-state index contributed by atoms with van der Waals surface area (Å²) in [6.07, 6.45) is 5.37. The molecule has 0 unspecified atom stereocenters. The molecule has 0 spiro atoms. The van der Waals surface area contributed by atoms with E-state index < -0.39 is 0 Å². The van der Waals surface area contributed by atoms with Crippen LogP contribution < -0.4 is 0 Å². The average Bonchev–Trinajstić information content (AvgIpc) is 2.51. The van der Waals surface area contributed by atoms with E-state index in [-0.39, 0.29) is 12.1 Å². The van der Waals surface area contributed by atoms with Crippen LogP contribution in [-0.2, 0) is 0 Å². The van der Waals surface area contributed by atoms with Crippen molar-refractivity contribution in [3.63, 3.8) is 0 Å². The SMILES string of the molecule is C\C=C/N=C1\C(=C/C)N=C(O)N1C(C)C. The van der Waals surface area contributed by atoms with Gasteiger partial charge in [0.2, 0.25) is 0 Å². The van der Waals surface area contributed by atoms with Crippen LogP contribution in [0.1, 0.15) is 27.7 Å². The molecule has 82 valence electrons. The first-order valence-corrected chi connectivity index (χ1v) is 5.04. The number of nitrogens with zero attached hydrogens (tertiary/aromatic N) is 3. The third-order valence-corrected chi connectivity index (χ3v) is 2.03. The number of aliphatic imine (C=N–C) groups is 2. The van der Waals surface area contributed by atoms with Crippen molar-refractivity contribution < 1.29 is 5.11 Å². The highest BCUT2D eigenvalue weighted by Gasteiger charge is 2.29. The Bertz CT molecular complexity index is 351. The van der Waals surface area contributed by atoms with E-state index in [0.717, 1.165) is 0 Å². The molecule has 15 heavy (non-hydrogen) atoms. The molecule has 1 N–H and O–H groups in total. The Labute approximate surface area is 90.3 Å². The van der Waals surface area contributed by atoms with Crippen molar-refractivity contribution >= 4 is 11.9 Å². The summed E-state index contributed by atoms with van der Waals surface area (Å²) in [6, 6.07) is 0.150. The minimum atomic E-state index is 0.0151. The van der Waals surface area contributed by atoms with Crippen molar-refractivity contribution in [1.82, 2.24) is 4.90 Å². The van der Waals surface area contributed by atoms with Gasteiger partial charge in [-0.1, -0.05) is 12.2 Å². The fraction of sp³-hybridized carbons (Fsp3) is 0.455. The van der Waals surface area contributed by atoms with E-state index in [1.54, 1.807) is 11.1 Å². The van der Waals surface area contributed by atoms with E-state index in [2.05, 4.69) is 9.98 Å². The topological polar surface area (TPSA) is 48.2 Å². The molecule has 0 fully saturated rings. The second-order valence-electron chi connectivity index (χ2n) is 3.48. The van der Waals surface area contributed by atoms with E-state index >= 15 is 0 Å². The molecule has 0 aromatic carbocycles. The largest absolute Gasteiger partial charge is 0.480 e. The van der Waals surface area contributed by atoms with Gasteiger partial charge in [0.05, 0.1) is 0 Å². The Balaban J connectivity index is 3.11. The summed E-state index contributed by atoms with van der Waals surface area (Å²) in [5.41, 5.74) is 0.708. The quantitative estimate of drug-likeness (QED) is 0.756. The van der Waals surface area contributed by atoms with Crippen LogP contribution in [0.25, 0.3) is 0 Å². The smallest absolute Gasteiger partial charge is 0.296 e. The molecule has 0 saturated heterocycles. The van der Waals surface area contributed by atoms with Crippen LogP contribution in [-0.4, -0.2) is 27.9 Å². The molecule has 0 bridgehead atoms. The molecule has 1 aliphatic rings. The molecule has 0 atom stereocenters. The van der Waals surface area contributed by atoms with Gasteiger partial charge < -0.3 is 5.11 Å². The molecule has 0 amide bonds. The summed E-state index contributed by atoms with van der Waals surface area (Å²) in [5.74, 6) is 0.697. The van der Waals surface area contributed by atoms with Gasteiger partial charge in [0.25, 0.3) is 6.02 Å². The first-order valence-electron chi connectivity index (χ1n) is 5.04. The van der Waals surface area contributed by atoms with Crippen molar-refractivity contribution in [2.45, 2.75) is 33.7 Å². The van der Waals surface area contributed by atoms with Crippen LogP contribution in [0, 0.1) is 0 Å². The van der Waals surface area contributed by atoms with E-state index in [1.165, 1.54) is 0 Å². The summed E-state index contributed by atoms with van der Waals surface area (Å²) < 4.78 is 0. The Morgan fingerprint density at radius 2 is 2.07 bits per heavy atom. The Morgan fingerprint density at radius 3 is 2.53 bits per heavy atom. The maximum atomic E-state index is 9.66. The molecule has 0 radical (unpaired) electrons. The van der Waals surface area contributed by atoms with Gasteiger partial charge in [0.15, 0.2) is 5.84 Å². The van der Waals surface area contributed by atoms with Crippen LogP contribution in [0.4, 0.5) is 0 Å². The molecule has 1 heterocycles. The highest BCUT2D eigenvalue weighted by Crippen LogP contribution is 2.18. The molecule has 0 saturated carbocycles. The number of aliphatic hydroxyl groups excluding tert-OH is 1. The zero-order chi connectivity index (χ0) is 11.4. The summed E-state index contributed by atoms with van der Waals surface area (Å²) >= 11 is 0. The number of rotatable bonds is 2. The average molecular weight is 207 g/mol. The van der Waals surface area contributed by atoms with Crippen LogP contribution >= 0.6 is 0 Å². The summed E-state index contributed by atoms with van der Waals surface area (Å²) in [4.78, 5) is 10.0. The maximum Gasteiger partial charge on any atom is 0.296 e. The van der Waals surface area contributed by atoms with Crippen molar-refractivity contribution in [1.29, 1.82) is 0 Å². The number of hydrogen-bond donors (Lipinski definition) is 1. The van der Waals surface area contributed by atoms with Gasteiger partial charge in [-0.2, -0.15) is 4.99 Å². The van der Waals surface area contributed by atoms with Crippen molar-refractivity contribution in [3.8, 4) is 0 Å². The highest BCUT2D eigenvalue weighted by molar-refractivity contribution is 6.12. The first-order chi connectivity index (χ1) is 7.11. The van der Waals surface area contributed by atoms with Gasteiger partial charge in [0.1, 0.15) is 5.70 Å². The fourth-order valence-electron chi connectivity index (χ4n) is 1.37. The molecular formula is C11H17N3O. The van der Waals surface area contributed by atoms with Crippen molar-refractivity contribution in [2.24, 2.45) is 9.98 Å². The van der Waals surface area contributed by atoms with Gasteiger partial charge in [0, 0.05) is 12.2 Å². The summed E-state index contributed by atoms with van der Waals surface area (Å²) in [5, 5.41) is 9.66. The zero-order valence-corrected chi connectivity index (χ0v) is 9.60. The van der Waals surface area contributed by atoms with Crippen LogP contribution in [0.15, 0.2) is 34.0 Å². The Kier molecular flexibility index (Phi) is 3.66. The Morgan fingerprint density at radius 1 is 1.40 bits per heavy atom. The lowest BCUT2D eigenvalue weighted by Crippen LogP contribution is -2.37. The van der Waals surface area contributed by atoms with Crippen molar-refractivity contribution in [2.75, 3.05) is 0 Å². The van der Waals surface area contributed by atoms with Crippen LogP contribution in [0.2, 0.25) is 0 Å². The van der Waals surface area contributed by atoms with Gasteiger partial charge in [-0.25, -0.2) is 4.99 Å². The van der Waals surface area contributed by atoms with Crippen molar-refractivity contribution in [3.05, 3.63) is 24.0 Å². The van der Waals surface area contributed by atoms with Gasteiger partial charge in [-0.05, 0) is 27.7 Å². The van der Waals surface area contributed by atoms with E-state index in [4.69, 9.17) is 0 Å². The van der Waals surface area contributed by atoms with Gasteiger partial charge >= 0.3 is 0 Å². The Hall–Kier alpha value is -1.58.